The minimum atomic E-state index is -4.57. The monoisotopic (exact) mass is 333 g/mol. The summed E-state index contributed by atoms with van der Waals surface area (Å²) in [5.74, 6) is -0.882. The second kappa shape index (κ2) is 5.44. The maximum Gasteiger partial charge on any atom is 0.435 e. The topological polar surface area (TPSA) is 81.1 Å². The molecule has 0 unspecified atom stereocenters. The first-order valence-corrected chi connectivity index (χ1v) is 7.71. The first kappa shape index (κ1) is 16.0. The summed E-state index contributed by atoms with van der Waals surface area (Å²) >= 11 is 0. The molecular weight excluding hydrogens is 323 g/mol. The second-order valence-corrected chi connectivity index (χ2v) is 6.15. The molecule has 1 amide bonds. The highest BCUT2D eigenvalue weighted by atomic mass is 32.2. The van der Waals surface area contributed by atoms with E-state index < -0.39 is 27.8 Å². The Bertz CT molecular complexity index is 812. The molecule has 0 atom stereocenters. The van der Waals surface area contributed by atoms with Gasteiger partial charge in [-0.15, -0.1) is 0 Å². The number of benzene rings is 1. The Morgan fingerprint density at radius 2 is 1.95 bits per heavy atom. The molecular formula is C12H10F3N3O3S. The summed E-state index contributed by atoms with van der Waals surface area (Å²) in [6.45, 7) is 0. The average Bonchev–Trinajstić information content (AvgIpc) is 2.86. The molecule has 0 saturated carbocycles. The van der Waals surface area contributed by atoms with Crippen LogP contribution in [0.2, 0.25) is 0 Å². The van der Waals surface area contributed by atoms with Gasteiger partial charge in [-0.2, -0.15) is 18.3 Å². The maximum absolute atomic E-state index is 12.5. The van der Waals surface area contributed by atoms with Crippen molar-refractivity contribution in [3.05, 3.63) is 47.8 Å². The molecule has 1 heterocycles. The van der Waals surface area contributed by atoms with Gasteiger partial charge in [-0.1, -0.05) is 6.07 Å². The molecule has 2 rings (SSSR count). The van der Waals surface area contributed by atoms with Gasteiger partial charge in [-0.3, -0.25) is 4.79 Å². The fraction of sp³-hybridized carbons (Fsp3) is 0.167. The maximum atomic E-state index is 12.5. The van der Waals surface area contributed by atoms with Crippen molar-refractivity contribution in [3.63, 3.8) is 0 Å². The Morgan fingerprint density at radius 1 is 1.27 bits per heavy atom. The number of carbonyl (C=O) groups excluding carboxylic acids is 1. The van der Waals surface area contributed by atoms with E-state index in [9.17, 15) is 26.4 Å². The van der Waals surface area contributed by atoms with E-state index in [0.29, 0.717) is 0 Å². The van der Waals surface area contributed by atoms with Crippen molar-refractivity contribution in [2.75, 3.05) is 6.26 Å². The molecule has 22 heavy (non-hydrogen) atoms. The summed E-state index contributed by atoms with van der Waals surface area (Å²) in [5, 5.41) is 3.37. The number of hydrogen-bond acceptors (Lipinski definition) is 4. The highest BCUT2D eigenvalue weighted by Gasteiger charge is 2.33. The summed E-state index contributed by atoms with van der Waals surface area (Å²) in [6, 6.07) is 6.20. The van der Waals surface area contributed by atoms with Crippen LogP contribution in [0.3, 0.4) is 0 Å². The number of halogens is 3. The predicted molar refractivity (Wildman–Crippen MR) is 70.9 cm³/mol. The summed E-state index contributed by atoms with van der Waals surface area (Å²) < 4.78 is 62.2. The van der Waals surface area contributed by atoms with Crippen LogP contribution in [0.15, 0.2) is 36.5 Å². The van der Waals surface area contributed by atoms with Gasteiger partial charge in [0.05, 0.1) is 11.9 Å². The van der Waals surface area contributed by atoms with Crippen molar-refractivity contribution < 1.29 is 26.4 Å². The van der Waals surface area contributed by atoms with Crippen LogP contribution in [-0.2, 0) is 16.2 Å². The van der Waals surface area contributed by atoms with Crippen molar-refractivity contribution in [1.29, 1.82) is 0 Å². The summed E-state index contributed by atoms with van der Waals surface area (Å²) in [5.41, 5.74) is -0.901. The van der Waals surface area contributed by atoms with Gasteiger partial charge in [0.15, 0.2) is 5.69 Å². The summed E-state index contributed by atoms with van der Waals surface area (Å²) in [7, 11) is -3.73. The first-order valence-electron chi connectivity index (χ1n) is 5.82. The van der Waals surface area contributed by atoms with Crippen LogP contribution in [0.1, 0.15) is 16.1 Å². The molecule has 0 fully saturated rings. The molecule has 10 heteroatoms. The largest absolute Gasteiger partial charge is 0.435 e. The third-order valence-corrected chi connectivity index (χ3v) is 3.09. The SMILES string of the molecule is CS(=O)(=O)NC(=O)c1cccc(-n2ccc(C(F)(F)F)n2)c1. The first-order chi connectivity index (χ1) is 10.1. The Balaban J connectivity index is 2.33. The van der Waals surface area contributed by atoms with E-state index in [1.54, 1.807) is 4.72 Å². The van der Waals surface area contributed by atoms with Crippen molar-refractivity contribution in [2.45, 2.75) is 6.18 Å². The van der Waals surface area contributed by atoms with Crippen LogP contribution in [-0.4, -0.2) is 30.4 Å². The Hall–Kier alpha value is -2.36. The lowest BCUT2D eigenvalue weighted by atomic mass is 10.2. The molecule has 0 radical (unpaired) electrons. The average molecular weight is 333 g/mol. The fourth-order valence-electron chi connectivity index (χ4n) is 1.64. The number of nitrogens with zero attached hydrogens (tertiary/aromatic N) is 2. The third-order valence-electron chi connectivity index (χ3n) is 2.53. The van der Waals surface area contributed by atoms with E-state index in [1.807, 2.05) is 0 Å². The van der Waals surface area contributed by atoms with E-state index in [0.717, 1.165) is 23.2 Å². The predicted octanol–water partition coefficient (Wildman–Crippen LogP) is 1.58. The van der Waals surface area contributed by atoms with Gasteiger partial charge in [0.1, 0.15) is 0 Å². The molecule has 1 N–H and O–H groups in total. The smallest absolute Gasteiger partial charge is 0.268 e. The Labute approximate surface area is 123 Å². The van der Waals surface area contributed by atoms with Crippen molar-refractivity contribution in [1.82, 2.24) is 14.5 Å². The van der Waals surface area contributed by atoms with Crippen LogP contribution in [0, 0.1) is 0 Å². The lowest BCUT2D eigenvalue weighted by molar-refractivity contribution is -0.141. The molecule has 2 aromatic rings. The van der Waals surface area contributed by atoms with Crippen LogP contribution < -0.4 is 4.72 Å². The second-order valence-electron chi connectivity index (χ2n) is 4.40. The van der Waals surface area contributed by atoms with Gasteiger partial charge in [0.25, 0.3) is 5.91 Å². The Morgan fingerprint density at radius 3 is 2.50 bits per heavy atom. The van der Waals surface area contributed by atoms with E-state index in [4.69, 9.17) is 0 Å². The van der Waals surface area contributed by atoms with Crippen LogP contribution in [0.25, 0.3) is 5.69 Å². The Kier molecular flexibility index (Phi) is 3.96. The van der Waals surface area contributed by atoms with Crippen LogP contribution in [0.4, 0.5) is 13.2 Å². The highest BCUT2D eigenvalue weighted by molar-refractivity contribution is 7.89. The quantitative estimate of drug-likeness (QED) is 0.925. The van der Waals surface area contributed by atoms with E-state index in [-0.39, 0.29) is 11.3 Å². The van der Waals surface area contributed by atoms with Gasteiger partial charge in [0, 0.05) is 11.8 Å². The van der Waals surface area contributed by atoms with Crippen LogP contribution >= 0.6 is 0 Å². The minimum Gasteiger partial charge on any atom is -0.268 e. The lowest BCUT2D eigenvalue weighted by Crippen LogP contribution is -2.29. The summed E-state index contributed by atoms with van der Waals surface area (Å²) in [6.07, 6.45) is -2.66. The van der Waals surface area contributed by atoms with Crippen molar-refractivity contribution in [3.8, 4) is 5.69 Å². The molecule has 0 bridgehead atoms. The van der Waals surface area contributed by atoms with Crippen molar-refractivity contribution in [2.24, 2.45) is 0 Å². The van der Waals surface area contributed by atoms with Crippen LogP contribution in [0.5, 0.6) is 0 Å². The summed E-state index contributed by atoms with van der Waals surface area (Å²) in [4.78, 5) is 11.7. The number of sulfonamides is 1. The lowest BCUT2D eigenvalue weighted by Gasteiger charge is -2.06. The van der Waals surface area contributed by atoms with Gasteiger partial charge in [-0.05, 0) is 24.3 Å². The zero-order valence-corrected chi connectivity index (χ0v) is 11.9. The van der Waals surface area contributed by atoms with E-state index in [1.165, 1.54) is 24.3 Å². The molecule has 0 saturated heterocycles. The van der Waals surface area contributed by atoms with E-state index in [2.05, 4.69) is 5.10 Å². The molecule has 0 aliphatic heterocycles. The minimum absolute atomic E-state index is 0.0213. The molecule has 0 aliphatic carbocycles. The number of hydrogen-bond donors (Lipinski definition) is 1. The molecule has 118 valence electrons. The normalized spacial score (nSPS) is 12.2. The number of amides is 1. The number of alkyl halides is 3. The fourth-order valence-corrected chi connectivity index (χ4v) is 2.09. The molecule has 1 aromatic carbocycles. The van der Waals surface area contributed by atoms with Gasteiger partial charge >= 0.3 is 6.18 Å². The van der Waals surface area contributed by atoms with Gasteiger partial charge in [0.2, 0.25) is 10.0 Å². The number of nitrogens with one attached hydrogen (secondary N) is 1. The zero-order chi connectivity index (χ0) is 16.5. The molecule has 1 aromatic heterocycles. The van der Waals surface area contributed by atoms with Crippen molar-refractivity contribution >= 4 is 15.9 Å². The van der Waals surface area contributed by atoms with E-state index >= 15 is 0 Å². The number of carbonyl (C=O) groups is 1. The highest BCUT2D eigenvalue weighted by Crippen LogP contribution is 2.27. The molecule has 0 aliphatic rings. The standard InChI is InChI=1S/C12H10F3N3O3S/c1-22(20,21)17-11(19)8-3-2-4-9(7-8)18-6-5-10(16-18)12(13,14)15/h2-7H,1H3,(H,17,19). The number of rotatable bonds is 3. The van der Waals surface area contributed by atoms with Gasteiger partial charge < -0.3 is 0 Å². The van der Waals surface area contributed by atoms with Gasteiger partial charge in [-0.25, -0.2) is 17.8 Å². The molecule has 6 nitrogen and oxygen atoms in total. The zero-order valence-electron chi connectivity index (χ0n) is 11.1. The number of aromatic nitrogens is 2. The third kappa shape index (κ3) is 3.85. The molecule has 0 spiro atoms.